The van der Waals surface area contributed by atoms with E-state index in [2.05, 4.69) is 4.74 Å². The molecule has 6 nitrogen and oxygen atoms in total. The zero-order chi connectivity index (χ0) is 12.6. The number of nitriles is 1. The van der Waals surface area contributed by atoms with Crippen LogP contribution in [0.25, 0.3) is 0 Å². The van der Waals surface area contributed by atoms with Crippen LogP contribution in [-0.2, 0) is 19.1 Å². The number of esters is 1. The van der Waals surface area contributed by atoms with Crippen LogP contribution in [0, 0.1) is 17.2 Å². The van der Waals surface area contributed by atoms with Crippen molar-refractivity contribution >= 4 is 11.9 Å². The predicted octanol–water partition coefficient (Wildman–Crippen LogP) is 0.569. The molecular weight excluding hydrogens is 214 g/mol. The number of aliphatic carboxylic acids is 1. The molecule has 90 valence electrons. The van der Waals surface area contributed by atoms with E-state index >= 15 is 0 Å². The van der Waals surface area contributed by atoms with Crippen LogP contribution in [0.3, 0.4) is 0 Å². The molecule has 0 radical (unpaired) electrons. The number of carboxylic acids is 1. The van der Waals surface area contributed by atoms with Crippen LogP contribution >= 0.6 is 0 Å². The minimum Gasteiger partial charge on any atom is -0.479 e. The Bertz CT molecular complexity index is 283. The van der Waals surface area contributed by atoms with Crippen molar-refractivity contribution in [2.24, 2.45) is 5.92 Å². The van der Waals surface area contributed by atoms with E-state index in [4.69, 9.17) is 15.1 Å². The average molecular weight is 229 g/mol. The molecule has 1 N–H and O–H groups in total. The van der Waals surface area contributed by atoms with Crippen molar-refractivity contribution in [3.63, 3.8) is 0 Å². The standard InChI is InChI=1S/C10H15NO5/c1-3-7(2)10(14)16-5-4-15-8(6-11)9(12)13/h7-8H,3-5H2,1-2H3,(H,12,13). The maximum atomic E-state index is 11.2. The van der Waals surface area contributed by atoms with Crippen LogP contribution in [0.2, 0.25) is 0 Å². The number of carbonyl (C=O) groups is 2. The van der Waals surface area contributed by atoms with Gasteiger partial charge in [-0.3, -0.25) is 4.79 Å². The second-order valence-electron chi connectivity index (χ2n) is 3.19. The highest BCUT2D eigenvalue weighted by Crippen LogP contribution is 2.02. The average Bonchev–Trinajstić information content (AvgIpc) is 2.27. The summed E-state index contributed by atoms with van der Waals surface area (Å²) in [5, 5.41) is 16.8. The lowest BCUT2D eigenvalue weighted by molar-refractivity contribution is -0.152. The molecule has 0 rings (SSSR count). The Morgan fingerprint density at radius 3 is 2.50 bits per heavy atom. The van der Waals surface area contributed by atoms with Crippen LogP contribution in [0.4, 0.5) is 0 Å². The molecule has 0 aromatic rings. The summed E-state index contributed by atoms with van der Waals surface area (Å²) in [6.45, 7) is 3.44. The molecule has 6 heteroatoms. The number of nitrogens with zero attached hydrogens (tertiary/aromatic N) is 1. The monoisotopic (exact) mass is 229 g/mol. The molecule has 0 amide bonds. The Morgan fingerprint density at radius 2 is 2.06 bits per heavy atom. The van der Waals surface area contributed by atoms with Gasteiger partial charge in [0.25, 0.3) is 0 Å². The summed E-state index contributed by atoms with van der Waals surface area (Å²) < 4.78 is 9.48. The number of rotatable bonds is 7. The third-order valence-electron chi connectivity index (χ3n) is 1.97. The topological polar surface area (TPSA) is 96.6 Å². The van der Waals surface area contributed by atoms with Gasteiger partial charge >= 0.3 is 11.9 Å². The quantitative estimate of drug-likeness (QED) is 0.506. The normalized spacial score (nSPS) is 13.6. The fraction of sp³-hybridized carbons (Fsp3) is 0.700. The van der Waals surface area contributed by atoms with Crippen molar-refractivity contribution in [3.8, 4) is 6.07 Å². The van der Waals surface area contributed by atoms with Crippen LogP contribution in [-0.4, -0.2) is 36.4 Å². The van der Waals surface area contributed by atoms with Crippen LogP contribution < -0.4 is 0 Å². The fourth-order valence-electron chi connectivity index (χ4n) is 0.781. The smallest absolute Gasteiger partial charge is 0.347 e. The molecule has 2 unspecified atom stereocenters. The van der Waals surface area contributed by atoms with Gasteiger partial charge in [-0.25, -0.2) is 4.79 Å². The maximum Gasteiger partial charge on any atom is 0.347 e. The molecule has 0 bridgehead atoms. The fourth-order valence-corrected chi connectivity index (χ4v) is 0.781. The molecule has 16 heavy (non-hydrogen) atoms. The van der Waals surface area contributed by atoms with E-state index in [0.717, 1.165) is 0 Å². The molecule has 0 aromatic heterocycles. The van der Waals surface area contributed by atoms with E-state index in [1.54, 1.807) is 6.92 Å². The van der Waals surface area contributed by atoms with Crippen LogP contribution in [0.5, 0.6) is 0 Å². The Balaban J connectivity index is 3.72. The Hall–Kier alpha value is -1.61. The first-order valence-corrected chi connectivity index (χ1v) is 4.93. The van der Waals surface area contributed by atoms with Crippen molar-refractivity contribution in [2.45, 2.75) is 26.4 Å². The van der Waals surface area contributed by atoms with Crippen LogP contribution in [0.1, 0.15) is 20.3 Å². The van der Waals surface area contributed by atoms with Gasteiger partial charge in [0.2, 0.25) is 6.10 Å². The Kier molecular flexibility index (Phi) is 6.88. The zero-order valence-corrected chi connectivity index (χ0v) is 9.30. The van der Waals surface area contributed by atoms with Crippen LogP contribution in [0.15, 0.2) is 0 Å². The lowest BCUT2D eigenvalue weighted by Gasteiger charge is -2.10. The number of carbonyl (C=O) groups excluding carboxylic acids is 1. The molecule has 2 atom stereocenters. The Morgan fingerprint density at radius 1 is 1.44 bits per heavy atom. The largest absolute Gasteiger partial charge is 0.479 e. The maximum absolute atomic E-state index is 11.2. The van der Waals surface area contributed by atoms with Gasteiger partial charge in [-0.1, -0.05) is 13.8 Å². The second kappa shape index (κ2) is 7.65. The van der Waals surface area contributed by atoms with E-state index in [0.29, 0.717) is 6.42 Å². The van der Waals surface area contributed by atoms with Gasteiger partial charge < -0.3 is 14.6 Å². The van der Waals surface area contributed by atoms with E-state index in [-0.39, 0.29) is 25.1 Å². The summed E-state index contributed by atoms with van der Waals surface area (Å²) in [5.41, 5.74) is 0. The highest BCUT2D eigenvalue weighted by Gasteiger charge is 2.17. The lowest BCUT2D eigenvalue weighted by atomic mass is 10.1. The molecule has 0 heterocycles. The molecule has 0 aliphatic heterocycles. The summed E-state index contributed by atoms with van der Waals surface area (Å²) in [4.78, 5) is 21.5. The molecule has 0 fully saturated rings. The predicted molar refractivity (Wildman–Crippen MR) is 53.4 cm³/mol. The van der Waals surface area contributed by atoms with Crippen molar-refractivity contribution in [2.75, 3.05) is 13.2 Å². The van der Waals surface area contributed by atoms with E-state index < -0.39 is 12.1 Å². The van der Waals surface area contributed by atoms with Gasteiger partial charge in [0.05, 0.1) is 12.5 Å². The molecule has 0 aliphatic rings. The van der Waals surface area contributed by atoms with Gasteiger partial charge in [0.15, 0.2) is 0 Å². The van der Waals surface area contributed by atoms with Gasteiger partial charge in [-0.15, -0.1) is 0 Å². The van der Waals surface area contributed by atoms with Crippen molar-refractivity contribution < 1.29 is 24.2 Å². The number of hydrogen-bond donors (Lipinski definition) is 1. The molecule has 0 saturated carbocycles. The van der Waals surface area contributed by atoms with E-state index in [1.165, 1.54) is 6.07 Å². The first kappa shape index (κ1) is 14.4. The minimum absolute atomic E-state index is 0.0470. The molecule has 0 aromatic carbocycles. The van der Waals surface area contributed by atoms with Crippen molar-refractivity contribution in [1.29, 1.82) is 5.26 Å². The molecule has 0 spiro atoms. The van der Waals surface area contributed by atoms with Gasteiger partial charge in [0, 0.05) is 0 Å². The first-order valence-electron chi connectivity index (χ1n) is 4.93. The van der Waals surface area contributed by atoms with E-state index in [9.17, 15) is 9.59 Å². The summed E-state index contributed by atoms with van der Waals surface area (Å²) in [6.07, 6.45) is -0.836. The summed E-state index contributed by atoms with van der Waals surface area (Å²) in [7, 11) is 0. The summed E-state index contributed by atoms with van der Waals surface area (Å²) in [6, 6.07) is 1.46. The molecule has 0 aliphatic carbocycles. The number of hydrogen-bond acceptors (Lipinski definition) is 5. The summed E-state index contributed by atoms with van der Waals surface area (Å²) in [5.74, 6) is -1.89. The van der Waals surface area contributed by atoms with Gasteiger partial charge in [0.1, 0.15) is 12.7 Å². The number of ether oxygens (including phenoxy) is 2. The first-order chi connectivity index (χ1) is 7.52. The Labute approximate surface area is 93.8 Å². The van der Waals surface area contributed by atoms with Gasteiger partial charge in [-0.2, -0.15) is 5.26 Å². The number of carboxylic acid groups (broad SMARTS) is 1. The third kappa shape index (κ3) is 5.32. The third-order valence-corrected chi connectivity index (χ3v) is 1.97. The SMILES string of the molecule is CCC(C)C(=O)OCCOC(C#N)C(=O)O. The van der Waals surface area contributed by atoms with Gasteiger partial charge in [-0.05, 0) is 6.42 Å². The van der Waals surface area contributed by atoms with Crippen molar-refractivity contribution in [3.05, 3.63) is 0 Å². The molecular formula is C10H15NO5. The van der Waals surface area contributed by atoms with Crippen molar-refractivity contribution in [1.82, 2.24) is 0 Å². The van der Waals surface area contributed by atoms with E-state index in [1.807, 2.05) is 6.92 Å². The zero-order valence-electron chi connectivity index (χ0n) is 9.30. The molecule has 0 saturated heterocycles. The lowest BCUT2D eigenvalue weighted by Crippen LogP contribution is -2.25. The highest BCUT2D eigenvalue weighted by molar-refractivity contribution is 5.75. The second-order valence-corrected chi connectivity index (χ2v) is 3.19. The highest BCUT2D eigenvalue weighted by atomic mass is 16.6. The minimum atomic E-state index is -1.51. The summed E-state index contributed by atoms with van der Waals surface area (Å²) >= 11 is 0.